The van der Waals surface area contributed by atoms with E-state index in [4.69, 9.17) is 0 Å². The van der Waals surface area contributed by atoms with Crippen molar-refractivity contribution in [1.82, 2.24) is 0 Å². The Morgan fingerprint density at radius 3 is 1.38 bits per heavy atom. The zero-order valence-electron chi connectivity index (χ0n) is 19.4. The van der Waals surface area contributed by atoms with Crippen LogP contribution in [0.5, 0.6) is 0 Å². The van der Waals surface area contributed by atoms with E-state index in [2.05, 4.69) is 6.92 Å². The van der Waals surface area contributed by atoms with Gasteiger partial charge in [-0.1, -0.05) is 110 Å². The lowest BCUT2D eigenvalue weighted by Crippen LogP contribution is -2.21. The maximum Gasteiger partial charge on any atom is 0.267 e. The van der Waals surface area contributed by atoms with Gasteiger partial charge in [0.05, 0.1) is 11.4 Å². The van der Waals surface area contributed by atoms with E-state index in [0.29, 0.717) is 25.7 Å². The van der Waals surface area contributed by atoms with Crippen LogP contribution in [-0.4, -0.2) is 29.4 Å². The summed E-state index contributed by atoms with van der Waals surface area (Å²) in [5.74, 6) is 0. The molecule has 29 heavy (non-hydrogen) atoms. The average molecular weight is 435 g/mol. The van der Waals surface area contributed by atoms with Gasteiger partial charge in [-0.05, 0) is 32.1 Å². The van der Waals surface area contributed by atoms with Gasteiger partial charge >= 0.3 is 0 Å². The van der Waals surface area contributed by atoms with Crippen LogP contribution in [0.1, 0.15) is 142 Å². The van der Waals surface area contributed by atoms with Crippen molar-refractivity contribution < 1.29 is 18.1 Å². The van der Waals surface area contributed by atoms with Crippen LogP contribution in [0.3, 0.4) is 0 Å². The predicted octanol–water partition coefficient (Wildman–Crippen LogP) is 7.45. The molecule has 0 aliphatic heterocycles. The Bertz CT molecular complexity index is 436. The van der Waals surface area contributed by atoms with Gasteiger partial charge < -0.3 is 5.11 Å². The van der Waals surface area contributed by atoms with Crippen LogP contribution in [0.2, 0.25) is 0 Å². The second-order valence-corrected chi connectivity index (χ2v) is 10.6. The molecule has 0 rings (SSSR count). The Labute approximate surface area is 182 Å². The van der Waals surface area contributed by atoms with E-state index in [9.17, 15) is 18.1 Å². The highest BCUT2D eigenvalue weighted by atomic mass is 32.2. The first-order chi connectivity index (χ1) is 13.9. The molecule has 2 atom stereocenters. The van der Waals surface area contributed by atoms with Crippen molar-refractivity contribution in [2.75, 3.05) is 0 Å². The second kappa shape index (κ2) is 19.8. The highest BCUT2D eigenvalue weighted by Crippen LogP contribution is 2.19. The van der Waals surface area contributed by atoms with Crippen molar-refractivity contribution in [3.63, 3.8) is 0 Å². The van der Waals surface area contributed by atoms with Crippen molar-refractivity contribution in [1.29, 1.82) is 0 Å². The fourth-order valence-electron chi connectivity index (χ4n) is 4.00. The van der Waals surface area contributed by atoms with E-state index in [1.165, 1.54) is 77.0 Å². The summed E-state index contributed by atoms with van der Waals surface area (Å²) in [6.45, 7) is 4.28. The highest BCUT2D eigenvalue weighted by Gasteiger charge is 2.22. The summed E-state index contributed by atoms with van der Waals surface area (Å²) in [4.78, 5) is 0. The molecule has 0 saturated heterocycles. The molecule has 0 amide bonds. The number of hydrogen-bond acceptors (Lipinski definition) is 3. The summed E-state index contributed by atoms with van der Waals surface area (Å²) in [7, 11) is -3.96. The maximum absolute atomic E-state index is 11.4. The highest BCUT2D eigenvalue weighted by molar-refractivity contribution is 7.86. The third kappa shape index (κ3) is 19.6. The molecule has 176 valence electrons. The van der Waals surface area contributed by atoms with Gasteiger partial charge in [-0.25, -0.2) is 0 Å². The van der Waals surface area contributed by atoms with Crippen LogP contribution in [-0.2, 0) is 10.1 Å². The molecular formula is C24H50O4S. The molecule has 0 aromatic carbocycles. The Balaban J connectivity index is 3.50. The van der Waals surface area contributed by atoms with Crippen molar-refractivity contribution in [2.45, 2.75) is 154 Å². The minimum absolute atomic E-state index is 0.337. The Morgan fingerprint density at radius 1 is 0.552 bits per heavy atom. The van der Waals surface area contributed by atoms with Crippen LogP contribution in [0, 0.1) is 0 Å². The number of aliphatic hydroxyl groups excluding tert-OH is 1. The smallest absolute Gasteiger partial charge is 0.267 e. The number of aliphatic hydroxyl groups is 1. The number of unbranched alkanes of at least 4 members (excludes halogenated alkanes) is 13. The van der Waals surface area contributed by atoms with Crippen LogP contribution < -0.4 is 0 Å². The Kier molecular flexibility index (Phi) is 19.7. The largest absolute Gasteiger partial charge is 0.393 e. The molecule has 0 aromatic rings. The second-order valence-electron chi connectivity index (χ2n) is 8.90. The molecule has 0 heterocycles. The lowest BCUT2D eigenvalue weighted by atomic mass is 10.0. The first-order valence-corrected chi connectivity index (χ1v) is 14.1. The lowest BCUT2D eigenvalue weighted by Gasteiger charge is -2.15. The van der Waals surface area contributed by atoms with Gasteiger partial charge in [0, 0.05) is 0 Å². The van der Waals surface area contributed by atoms with E-state index < -0.39 is 15.4 Å². The van der Waals surface area contributed by atoms with Crippen LogP contribution in [0.4, 0.5) is 0 Å². The van der Waals surface area contributed by atoms with Crippen LogP contribution >= 0.6 is 0 Å². The summed E-state index contributed by atoms with van der Waals surface area (Å²) in [6, 6.07) is 0. The lowest BCUT2D eigenvalue weighted by molar-refractivity contribution is 0.147. The molecular weight excluding hydrogens is 384 g/mol. The molecule has 0 radical (unpaired) electrons. The number of rotatable bonds is 22. The summed E-state index contributed by atoms with van der Waals surface area (Å²) in [5, 5.41) is 9.45. The fraction of sp³-hybridized carbons (Fsp3) is 1.00. The Hall–Kier alpha value is -0.130. The summed E-state index contributed by atoms with van der Waals surface area (Å²) >= 11 is 0. The molecule has 2 N–H and O–H groups in total. The fourth-order valence-corrected chi connectivity index (χ4v) is 4.93. The SMILES string of the molecule is CCCCCCCCCCCCCCCC(O)CCCC(CCCC)S(=O)(=O)O. The monoisotopic (exact) mass is 434 g/mol. The van der Waals surface area contributed by atoms with Gasteiger partial charge in [0.25, 0.3) is 10.1 Å². The van der Waals surface area contributed by atoms with Gasteiger partial charge in [0.1, 0.15) is 0 Å². The molecule has 5 heteroatoms. The van der Waals surface area contributed by atoms with Crippen molar-refractivity contribution in [3.05, 3.63) is 0 Å². The van der Waals surface area contributed by atoms with E-state index in [0.717, 1.165) is 25.7 Å². The van der Waals surface area contributed by atoms with E-state index >= 15 is 0 Å². The van der Waals surface area contributed by atoms with E-state index in [1.54, 1.807) is 0 Å². The van der Waals surface area contributed by atoms with Crippen molar-refractivity contribution in [2.24, 2.45) is 0 Å². The zero-order chi connectivity index (χ0) is 21.8. The van der Waals surface area contributed by atoms with Gasteiger partial charge in [-0.2, -0.15) is 8.42 Å². The Morgan fingerprint density at radius 2 is 0.931 bits per heavy atom. The molecule has 0 aliphatic rings. The molecule has 2 unspecified atom stereocenters. The van der Waals surface area contributed by atoms with Crippen LogP contribution in [0.15, 0.2) is 0 Å². The van der Waals surface area contributed by atoms with Gasteiger partial charge in [-0.3, -0.25) is 4.55 Å². The molecule has 0 spiro atoms. The third-order valence-corrected chi connectivity index (χ3v) is 7.32. The quantitative estimate of drug-likeness (QED) is 0.137. The summed E-state index contributed by atoms with van der Waals surface area (Å²) in [5.41, 5.74) is 0. The molecule has 0 saturated carbocycles. The number of hydrogen-bond donors (Lipinski definition) is 2. The van der Waals surface area contributed by atoms with Crippen molar-refractivity contribution >= 4 is 10.1 Å². The van der Waals surface area contributed by atoms with Gasteiger partial charge in [0.15, 0.2) is 0 Å². The molecule has 0 fully saturated rings. The first kappa shape index (κ1) is 28.9. The standard InChI is InChI=1S/C24H50O4S/c1-3-5-7-8-9-10-11-12-13-14-15-16-17-19-23(25)20-18-22-24(21-6-4-2)29(26,27)28/h23-25H,3-22H2,1-2H3,(H,26,27,28). The topological polar surface area (TPSA) is 74.6 Å². The van der Waals surface area contributed by atoms with Crippen LogP contribution in [0.25, 0.3) is 0 Å². The van der Waals surface area contributed by atoms with E-state index in [1.807, 2.05) is 6.92 Å². The third-order valence-electron chi connectivity index (χ3n) is 6.01. The van der Waals surface area contributed by atoms with Gasteiger partial charge in [-0.15, -0.1) is 0 Å². The van der Waals surface area contributed by atoms with Gasteiger partial charge in [0.2, 0.25) is 0 Å². The minimum Gasteiger partial charge on any atom is -0.393 e. The minimum atomic E-state index is -3.96. The predicted molar refractivity (Wildman–Crippen MR) is 125 cm³/mol. The molecule has 0 aliphatic carbocycles. The first-order valence-electron chi connectivity index (χ1n) is 12.6. The van der Waals surface area contributed by atoms with Crippen molar-refractivity contribution in [3.8, 4) is 0 Å². The summed E-state index contributed by atoms with van der Waals surface area (Å²) < 4.78 is 32.1. The average Bonchev–Trinajstić information content (AvgIpc) is 2.67. The van der Waals surface area contributed by atoms with E-state index in [-0.39, 0.29) is 6.10 Å². The molecule has 4 nitrogen and oxygen atoms in total. The molecule has 0 bridgehead atoms. The normalized spacial score (nSPS) is 14.2. The maximum atomic E-state index is 11.4. The summed E-state index contributed by atoms with van der Waals surface area (Å²) in [6.07, 6.45) is 21.7. The molecule has 0 aromatic heterocycles. The zero-order valence-corrected chi connectivity index (χ0v) is 20.2.